The zero-order valence-electron chi connectivity index (χ0n) is 7.64. The van der Waals surface area contributed by atoms with Crippen LogP contribution in [0.1, 0.15) is 25.1 Å². The number of halogens is 1. The number of rotatable bonds is 4. The van der Waals surface area contributed by atoms with Crippen LogP contribution in [0.4, 0.5) is 0 Å². The average Bonchev–Trinajstić information content (AvgIpc) is 2.57. The third-order valence-electron chi connectivity index (χ3n) is 2.36. The highest BCUT2D eigenvalue weighted by atomic mass is 35.5. The highest BCUT2D eigenvalue weighted by molar-refractivity contribution is 7.09. The molecule has 0 amide bonds. The molecule has 0 saturated carbocycles. The second kappa shape index (κ2) is 4.29. The predicted octanol–water partition coefficient (Wildman–Crippen LogP) is 3.95. The Hall–Kier alpha value is -0.0100. The maximum absolute atomic E-state index is 5.93. The van der Waals surface area contributed by atoms with E-state index in [-0.39, 0.29) is 5.41 Å². The molecule has 2 heteroatoms. The number of alkyl halides is 1. The van der Waals surface area contributed by atoms with Crippen molar-refractivity contribution in [1.29, 1.82) is 0 Å². The number of hydrogen-bond acceptors (Lipinski definition) is 1. The Morgan fingerprint density at radius 1 is 1.58 bits per heavy atom. The van der Waals surface area contributed by atoms with Gasteiger partial charge in [-0.15, -0.1) is 22.9 Å². The molecular weight excluding hydrogens is 188 g/mol. The molecule has 1 rings (SSSR count). The smallest absolute Gasteiger partial charge is 0.0280 e. The lowest BCUT2D eigenvalue weighted by atomic mass is 9.86. The van der Waals surface area contributed by atoms with Crippen LogP contribution >= 0.6 is 22.9 Å². The van der Waals surface area contributed by atoms with Gasteiger partial charge in [-0.1, -0.05) is 19.9 Å². The molecule has 1 heterocycles. The van der Waals surface area contributed by atoms with E-state index in [1.54, 1.807) is 0 Å². The third kappa shape index (κ3) is 2.49. The van der Waals surface area contributed by atoms with Crippen molar-refractivity contribution >= 4 is 22.9 Å². The Labute approximate surface area is 83.6 Å². The van der Waals surface area contributed by atoms with E-state index in [4.69, 9.17) is 11.6 Å². The highest BCUT2D eigenvalue weighted by Gasteiger charge is 2.21. The summed E-state index contributed by atoms with van der Waals surface area (Å²) in [7, 11) is 0. The van der Waals surface area contributed by atoms with Gasteiger partial charge in [-0.2, -0.15) is 0 Å². The first-order valence-electron chi connectivity index (χ1n) is 4.28. The van der Waals surface area contributed by atoms with Crippen molar-refractivity contribution in [2.24, 2.45) is 5.41 Å². The summed E-state index contributed by atoms with van der Waals surface area (Å²) in [6, 6.07) is 4.29. The standard InChI is InChI=1S/C10H15ClS/c1-3-10(2,8-11)7-9-5-4-6-12-9/h4-6H,3,7-8H2,1-2H3. The second-order valence-electron chi connectivity index (χ2n) is 3.55. The molecule has 68 valence electrons. The van der Waals surface area contributed by atoms with Crippen molar-refractivity contribution in [1.82, 2.24) is 0 Å². The molecule has 0 aliphatic carbocycles. The van der Waals surface area contributed by atoms with E-state index in [9.17, 15) is 0 Å². The number of hydrogen-bond donors (Lipinski definition) is 0. The molecule has 1 unspecified atom stereocenters. The first-order valence-corrected chi connectivity index (χ1v) is 5.70. The Kier molecular flexibility index (Phi) is 3.60. The SMILES string of the molecule is CCC(C)(CCl)Cc1cccs1. The van der Waals surface area contributed by atoms with Gasteiger partial charge >= 0.3 is 0 Å². The molecule has 0 aliphatic heterocycles. The van der Waals surface area contributed by atoms with Crippen LogP contribution in [-0.2, 0) is 6.42 Å². The minimum atomic E-state index is 0.284. The van der Waals surface area contributed by atoms with E-state index in [1.165, 1.54) is 4.88 Å². The van der Waals surface area contributed by atoms with Gasteiger partial charge in [0.2, 0.25) is 0 Å². The van der Waals surface area contributed by atoms with Crippen LogP contribution in [0.3, 0.4) is 0 Å². The monoisotopic (exact) mass is 202 g/mol. The Balaban J connectivity index is 2.60. The molecule has 0 N–H and O–H groups in total. The van der Waals surface area contributed by atoms with Crippen molar-refractivity contribution in [3.8, 4) is 0 Å². The molecule has 1 atom stereocenters. The maximum Gasteiger partial charge on any atom is 0.0280 e. The predicted molar refractivity (Wildman–Crippen MR) is 57.1 cm³/mol. The molecular formula is C10H15ClS. The molecule has 0 saturated heterocycles. The van der Waals surface area contributed by atoms with Crippen LogP contribution in [-0.4, -0.2) is 5.88 Å². The average molecular weight is 203 g/mol. The Morgan fingerprint density at radius 3 is 2.75 bits per heavy atom. The summed E-state index contributed by atoms with van der Waals surface area (Å²) in [5.74, 6) is 0.751. The van der Waals surface area contributed by atoms with Crippen LogP contribution < -0.4 is 0 Å². The van der Waals surface area contributed by atoms with Crippen molar-refractivity contribution < 1.29 is 0 Å². The van der Waals surface area contributed by atoms with Gasteiger partial charge in [0.1, 0.15) is 0 Å². The van der Waals surface area contributed by atoms with Crippen molar-refractivity contribution in [3.63, 3.8) is 0 Å². The molecule has 1 aromatic heterocycles. The van der Waals surface area contributed by atoms with Crippen molar-refractivity contribution in [2.75, 3.05) is 5.88 Å². The summed E-state index contributed by atoms with van der Waals surface area (Å²) < 4.78 is 0. The van der Waals surface area contributed by atoms with E-state index >= 15 is 0 Å². The van der Waals surface area contributed by atoms with E-state index in [2.05, 4.69) is 31.4 Å². The normalized spacial score (nSPS) is 15.9. The fourth-order valence-corrected chi connectivity index (χ4v) is 2.30. The van der Waals surface area contributed by atoms with Crippen LogP contribution in [0.25, 0.3) is 0 Å². The summed E-state index contributed by atoms with van der Waals surface area (Å²) in [4.78, 5) is 1.44. The molecule has 0 nitrogen and oxygen atoms in total. The number of thiophene rings is 1. The second-order valence-corrected chi connectivity index (χ2v) is 4.85. The lowest BCUT2D eigenvalue weighted by Crippen LogP contribution is -2.19. The van der Waals surface area contributed by atoms with E-state index in [1.807, 2.05) is 11.3 Å². The van der Waals surface area contributed by atoms with Crippen molar-refractivity contribution in [2.45, 2.75) is 26.7 Å². The summed E-state index contributed by atoms with van der Waals surface area (Å²) >= 11 is 7.75. The molecule has 12 heavy (non-hydrogen) atoms. The van der Waals surface area contributed by atoms with Gasteiger partial charge in [-0.05, 0) is 29.7 Å². The topological polar surface area (TPSA) is 0 Å². The maximum atomic E-state index is 5.93. The summed E-state index contributed by atoms with van der Waals surface area (Å²) in [6.07, 6.45) is 2.26. The van der Waals surface area contributed by atoms with E-state index in [0.29, 0.717) is 0 Å². The summed E-state index contributed by atoms with van der Waals surface area (Å²) in [5.41, 5.74) is 0.284. The molecule has 0 bridgehead atoms. The quantitative estimate of drug-likeness (QED) is 0.649. The van der Waals surface area contributed by atoms with Crippen LogP contribution in [0.2, 0.25) is 0 Å². The molecule has 0 radical (unpaired) electrons. The fourth-order valence-electron chi connectivity index (χ4n) is 1.10. The first-order chi connectivity index (χ1) is 5.70. The lowest BCUT2D eigenvalue weighted by molar-refractivity contribution is 0.358. The van der Waals surface area contributed by atoms with Gasteiger partial charge in [0, 0.05) is 10.8 Å². The zero-order valence-corrected chi connectivity index (χ0v) is 9.21. The Morgan fingerprint density at radius 2 is 2.33 bits per heavy atom. The third-order valence-corrected chi connectivity index (χ3v) is 3.88. The van der Waals surface area contributed by atoms with Gasteiger partial charge in [0.15, 0.2) is 0 Å². The zero-order chi connectivity index (χ0) is 9.03. The van der Waals surface area contributed by atoms with E-state index in [0.717, 1.165) is 18.7 Å². The first kappa shape index (κ1) is 10.1. The molecule has 0 spiro atoms. The highest BCUT2D eigenvalue weighted by Crippen LogP contribution is 2.29. The molecule has 0 fully saturated rings. The van der Waals surface area contributed by atoms with Gasteiger partial charge in [-0.25, -0.2) is 0 Å². The summed E-state index contributed by atoms with van der Waals surface area (Å²) in [6.45, 7) is 4.45. The lowest BCUT2D eigenvalue weighted by Gasteiger charge is -2.24. The van der Waals surface area contributed by atoms with Gasteiger partial charge < -0.3 is 0 Å². The minimum absolute atomic E-state index is 0.284. The molecule has 1 aromatic rings. The fraction of sp³-hybridized carbons (Fsp3) is 0.600. The van der Waals surface area contributed by atoms with Crippen LogP contribution in [0, 0.1) is 5.41 Å². The molecule has 0 aliphatic rings. The minimum Gasteiger partial charge on any atom is -0.149 e. The Bertz CT molecular complexity index is 212. The molecule has 0 aromatic carbocycles. The van der Waals surface area contributed by atoms with Crippen LogP contribution in [0.5, 0.6) is 0 Å². The van der Waals surface area contributed by atoms with E-state index < -0.39 is 0 Å². The van der Waals surface area contributed by atoms with Crippen molar-refractivity contribution in [3.05, 3.63) is 22.4 Å². The van der Waals surface area contributed by atoms with Crippen LogP contribution in [0.15, 0.2) is 17.5 Å². The van der Waals surface area contributed by atoms with Gasteiger partial charge in [0.05, 0.1) is 0 Å². The van der Waals surface area contributed by atoms with Gasteiger partial charge in [-0.3, -0.25) is 0 Å². The van der Waals surface area contributed by atoms with Gasteiger partial charge in [0.25, 0.3) is 0 Å². The summed E-state index contributed by atoms with van der Waals surface area (Å²) in [5, 5.41) is 2.12. The largest absolute Gasteiger partial charge is 0.149 e.